The Hall–Kier alpha value is -2.87. The molecule has 1 saturated heterocycles. The average molecular weight is 435 g/mol. The van der Waals surface area contributed by atoms with Crippen LogP contribution in [0.25, 0.3) is 5.69 Å². The first-order valence-electron chi connectivity index (χ1n) is 10.9. The molecule has 0 atom stereocenters. The lowest BCUT2D eigenvalue weighted by Crippen LogP contribution is -2.49. The van der Waals surface area contributed by atoms with Crippen molar-refractivity contribution in [3.63, 3.8) is 0 Å². The smallest absolute Gasteiger partial charge is 0.233 e. The van der Waals surface area contributed by atoms with Crippen molar-refractivity contribution in [2.24, 2.45) is 0 Å². The van der Waals surface area contributed by atoms with Crippen LogP contribution in [-0.4, -0.2) is 62.3 Å². The standard InChI is InChI=1S/C23H26N6OS/c30-21(27-13-15-28(16-14-27)22-24-11-6-12-25-22)17-31-23-26-19-9-4-5-10-20(19)29(23)18-7-2-1-3-8-18/h1-3,6-8,11-12H,4-5,9-10,13-17H2. The lowest BCUT2D eigenvalue weighted by molar-refractivity contribution is -0.128. The van der Waals surface area contributed by atoms with Gasteiger partial charge in [-0.15, -0.1) is 0 Å². The Morgan fingerprint density at radius 1 is 0.935 bits per heavy atom. The number of hydrogen-bond acceptors (Lipinski definition) is 6. The molecule has 3 heterocycles. The van der Waals surface area contributed by atoms with Gasteiger partial charge in [0.2, 0.25) is 11.9 Å². The molecule has 8 heteroatoms. The highest BCUT2D eigenvalue weighted by Crippen LogP contribution is 2.30. The van der Waals surface area contributed by atoms with Crippen LogP contribution in [-0.2, 0) is 17.6 Å². The second kappa shape index (κ2) is 9.09. The molecule has 3 aromatic rings. The SMILES string of the molecule is O=C(CSc1nc2c(n1-c1ccccc1)CCCC2)N1CCN(c2ncccn2)CC1. The number of hydrogen-bond donors (Lipinski definition) is 0. The molecule has 1 fully saturated rings. The first kappa shape index (κ1) is 20.1. The van der Waals surface area contributed by atoms with Gasteiger partial charge in [0.15, 0.2) is 5.16 Å². The molecule has 31 heavy (non-hydrogen) atoms. The fourth-order valence-electron chi connectivity index (χ4n) is 4.28. The third kappa shape index (κ3) is 4.30. The molecule has 1 aliphatic heterocycles. The summed E-state index contributed by atoms with van der Waals surface area (Å²) in [6.45, 7) is 2.91. The van der Waals surface area contributed by atoms with Crippen LogP contribution in [0.5, 0.6) is 0 Å². The van der Waals surface area contributed by atoms with Crippen molar-refractivity contribution in [2.75, 3.05) is 36.8 Å². The predicted molar refractivity (Wildman–Crippen MR) is 122 cm³/mol. The number of para-hydroxylation sites is 1. The largest absolute Gasteiger partial charge is 0.338 e. The monoisotopic (exact) mass is 434 g/mol. The minimum Gasteiger partial charge on any atom is -0.338 e. The number of amides is 1. The molecule has 7 nitrogen and oxygen atoms in total. The summed E-state index contributed by atoms with van der Waals surface area (Å²) in [5, 5.41) is 0.933. The minimum absolute atomic E-state index is 0.166. The fraction of sp³-hybridized carbons (Fsp3) is 0.391. The molecule has 1 aromatic carbocycles. The molecule has 0 radical (unpaired) electrons. The summed E-state index contributed by atoms with van der Waals surface area (Å²) in [5.74, 6) is 1.31. The molecular formula is C23H26N6OS. The zero-order valence-electron chi connectivity index (χ0n) is 17.5. The first-order chi connectivity index (χ1) is 15.3. The maximum absolute atomic E-state index is 12.9. The van der Waals surface area contributed by atoms with E-state index >= 15 is 0 Å². The third-order valence-corrected chi connectivity index (χ3v) is 6.83. The molecule has 2 aliphatic rings. The van der Waals surface area contributed by atoms with E-state index in [-0.39, 0.29) is 5.91 Å². The van der Waals surface area contributed by atoms with Gasteiger partial charge in [-0.2, -0.15) is 0 Å². The molecule has 0 N–H and O–H groups in total. The topological polar surface area (TPSA) is 67.2 Å². The molecule has 0 spiro atoms. The van der Waals surface area contributed by atoms with Gasteiger partial charge in [-0.25, -0.2) is 15.0 Å². The van der Waals surface area contributed by atoms with E-state index < -0.39 is 0 Å². The summed E-state index contributed by atoms with van der Waals surface area (Å²) in [5.41, 5.74) is 3.63. The van der Waals surface area contributed by atoms with Crippen molar-refractivity contribution < 1.29 is 4.79 Å². The van der Waals surface area contributed by atoms with Gasteiger partial charge in [-0.1, -0.05) is 30.0 Å². The predicted octanol–water partition coefficient (Wildman–Crippen LogP) is 2.98. The van der Waals surface area contributed by atoms with E-state index in [4.69, 9.17) is 4.98 Å². The van der Waals surface area contributed by atoms with Crippen LogP contribution in [0.15, 0.2) is 53.9 Å². The summed E-state index contributed by atoms with van der Waals surface area (Å²) in [4.78, 5) is 30.6. The van der Waals surface area contributed by atoms with Crippen LogP contribution < -0.4 is 4.90 Å². The van der Waals surface area contributed by atoms with Gasteiger partial charge in [0, 0.05) is 50.0 Å². The van der Waals surface area contributed by atoms with Gasteiger partial charge in [0.25, 0.3) is 0 Å². The van der Waals surface area contributed by atoms with Crippen LogP contribution >= 0.6 is 11.8 Å². The Labute approximate surface area is 186 Å². The summed E-state index contributed by atoms with van der Waals surface area (Å²) in [7, 11) is 0. The van der Waals surface area contributed by atoms with Crippen molar-refractivity contribution in [3.05, 3.63) is 60.2 Å². The molecule has 0 unspecified atom stereocenters. The van der Waals surface area contributed by atoms with E-state index in [1.807, 2.05) is 17.0 Å². The molecular weight excluding hydrogens is 408 g/mol. The lowest BCUT2D eigenvalue weighted by Gasteiger charge is -2.34. The quantitative estimate of drug-likeness (QED) is 0.575. The Kier molecular flexibility index (Phi) is 5.88. The number of piperazine rings is 1. The second-order valence-corrected chi connectivity index (χ2v) is 8.81. The molecule has 1 aliphatic carbocycles. The van der Waals surface area contributed by atoms with Crippen LogP contribution in [0.3, 0.4) is 0 Å². The minimum atomic E-state index is 0.166. The molecule has 2 aromatic heterocycles. The molecule has 1 amide bonds. The Bertz CT molecular complexity index is 1030. The highest BCUT2D eigenvalue weighted by Gasteiger charge is 2.25. The van der Waals surface area contributed by atoms with E-state index in [1.54, 1.807) is 24.2 Å². The Morgan fingerprint density at radius 2 is 1.68 bits per heavy atom. The third-order valence-electron chi connectivity index (χ3n) is 5.91. The fourth-order valence-corrected chi connectivity index (χ4v) is 5.24. The van der Waals surface area contributed by atoms with Gasteiger partial charge in [-0.3, -0.25) is 9.36 Å². The number of thioether (sulfide) groups is 1. The average Bonchev–Trinajstić information content (AvgIpc) is 3.22. The van der Waals surface area contributed by atoms with Gasteiger partial charge >= 0.3 is 0 Å². The second-order valence-electron chi connectivity index (χ2n) is 7.87. The number of nitrogens with zero attached hydrogens (tertiary/aromatic N) is 6. The summed E-state index contributed by atoms with van der Waals surface area (Å²) < 4.78 is 2.26. The van der Waals surface area contributed by atoms with Gasteiger partial charge in [0.1, 0.15) is 0 Å². The van der Waals surface area contributed by atoms with Crippen molar-refractivity contribution in [1.82, 2.24) is 24.4 Å². The highest BCUT2D eigenvalue weighted by molar-refractivity contribution is 7.99. The number of aromatic nitrogens is 4. The molecule has 5 rings (SSSR count). The summed E-state index contributed by atoms with van der Waals surface area (Å²) >= 11 is 1.56. The maximum atomic E-state index is 12.9. The van der Waals surface area contributed by atoms with Crippen molar-refractivity contribution >= 4 is 23.6 Å². The van der Waals surface area contributed by atoms with Crippen molar-refractivity contribution in [1.29, 1.82) is 0 Å². The van der Waals surface area contributed by atoms with E-state index in [2.05, 4.69) is 43.7 Å². The summed E-state index contributed by atoms with van der Waals surface area (Å²) in [6.07, 6.45) is 7.98. The first-order valence-corrected chi connectivity index (χ1v) is 11.9. The van der Waals surface area contributed by atoms with Crippen LogP contribution in [0, 0.1) is 0 Å². The lowest BCUT2D eigenvalue weighted by atomic mass is 10.0. The normalized spacial score (nSPS) is 16.3. The highest BCUT2D eigenvalue weighted by atomic mass is 32.2. The number of carbonyl (C=O) groups excluding carboxylic acids is 1. The van der Waals surface area contributed by atoms with Crippen molar-refractivity contribution in [3.8, 4) is 5.69 Å². The van der Waals surface area contributed by atoms with E-state index in [9.17, 15) is 4.79 Å². The van der Waals surface area contributed by atoms with E-state index in [0.29, 0.717) is 18.8 Å². The number of fused-ring (bicyclic) bond motifs is 1. The van der Waals surface area contributed by atoms with Crippen LogP contribution in [0.4, 0.5) is 5.95 Å². The zero-order chi connectivity index (χ0) is 21.0. The number of rotatable bonds is 5. The zero-order valence-corrected chi connectivity index (χ0v) is 18.3. The molecule has 0 saturated carbocycles. The van der Waals surface area contributed by atoms with Gasteiger partial charge < -0.3 is 9.80 Å². The van der Waals surface area contributed by atoms with Crippen LogP contribution in [0.2, 0.25) is 0 Å². The molecule has 0 bridgehead atoms. The summed E-state index contributed by atoms with van der Waals surface area (Å²) in [6, 6.07) is 12.2. The van der Waals surface area contributed by atoms with Gasteiger partial charge in [-0.05, 0) is 43.9 Å². The van der Waals surface area contributed by atoms with E-state index in [1.165, 1.54) is 24.2 Å². The van der Waals surface area contributed by atoms with E-state index in [0.717, 1.165) is 42.7 Å². The number of carbonyl (C=O) groups is 1. The molecule has 160 valence electrons. The van der Waals surface area contributed by atoms with Gasteiger partial charge in [0.05, 0.1) is 11.4 Å². The number of aryl methyl sites for hydroxylation is 1. The number of imidazole rings is 1. The Morgan fingerprint density at radius 3 is 2.45 bits per heavy atom. The number of benzene rings is 1. The maximum Gasteiger partial charge on any atom is 0.233 e. The van der Waals surface area contributed by atoms with Crippen molar-refractivity contribution in [2.45, 2.75) is 30.8 Å². The Balaban J connectivity index is 1.25. The number of anilines is 1. The van der Waals surface area contributed by atoms with Crippen LogP contribution in [0.1, 0.15) is 24.2 Å².